The first-order valence-electron chi connectivity index (χ1n) is 6.86. The van der Waals surface area contributed by atoms with E-state index in [1.165, 1.54) is 43.6 Å². The van der Waals surface area contributed by atoms with Gasteiger partial charge in [0.2, 0.25) is 5.91 Å². The summed E-state index contributed by atoms with van der Waals surface area (Å²) < 4.78 is 0. The first-order chi connectivity index (χ1) is 11.5. The van der Waals surface area contributed by atoms with Gasteiger partial charge < -0.3 is 10.4 Å². The van der Waals surface area contributed by atoms with E-state index in [1.807, 2.05) is 0 Å². The van der Waals surface area contributed by atoms with Gasteiger partial charge in [0.05, 0.1) is 0 Å². The maximum atomic E-state index is 11.9. The number of nitrogens with one attached hydrogen (secondary N) is 2. The highest BCUT2D eigenvalue weighted by Crippen LogP contribution is 2.10. The average Bonchev–Trinajstić information content (AvgIpc) is 2.56. The van der Waals surface area contributed by atoms with Crippen molar-refractivity contribution in [3.8, 4) is 0 Å². The van der Waals surface area contributed by atoms with Crippen molar-refractivity contribution in [1.82, 2.24) is 10.4 Å². The van der Waals surface area contributed by atoms with Crippen LogP contribution in [-0.4, -0.2) is 33.6 Å². The largest absolute Gasteiger partial charge is 0.476 e. The second-order valence-corrected chi connectivity index (χ2v) is 4.70. The molecule has 0 saturated heterocycles. The number of rotatable bonds is 5. The van der Waals surface area contributed by atoms with Crippen LogP contribution >= 0.6 is 0 Å². The van der Waals surface area contributed by atoms with Crippen LogP contribution in [0.4, 0.5) is 5.69 Å². The number of benzene rings is 1. The number of hydrazone groups is 1. The summed E-state index contributed by atoms with van der Waals surface area (Å²) in [5.74, 6) is -2.08. The Labute approximate surface area is 137 Å². The van der Waals surface area contributed by atoms with Crippen molar-refractivity contribution in [1.29, 1.82) is 0 Å². The van der Waals surface area contributed by atoms with E-state index in [0.29, 0.717) is 11.3 Å². The highest BCUT2D eigenvalue weighted by molar-refractivity contribution is 6.42. The lowest BCUT2D eigenvalue weighted by Gasteiger charge is -2.06. The van der Waals surface area contributed by atoms with Gasteiger partial charge in [-0.2, -0.15) is 5.10 Å². The zero-order valence-electron chi connectivity index (χ0n) is 12.7. The number of carboxylic acid groups (broad SMARTS) is 1. The topological polar surface area (TPSA) is 121 Å². The molecule has 8 nitrogen and oxygen atoms in total. The van der Waals surface area contributed by atoms with Crippen LogP contribution in [0, 0.1) is 0 Å². The lowest BCUT2D eigenvalue weighted by molar-refractivity contribution is -0.129. The average molecular weight is 326 g/mol. The van der Waals surface area contributed by atoms with E-state index >= 15 is 0 Å². The molecule has 0 atom stereocenters. The Morgan fingerprint density at radius 2 is 1.62 bits per heavy atom. The van der Waals surface area contributed by atoms with Gasteiger partial charge in [-0.1, -0.05) is 12.1 Å². The van der Waals surface area contributed by atoms with E-state index in [9.17, 15) is 19.5 Å². The summed E-state index contributed by atoms with van der Waals surface area (Å²) in [5.41, 5.74) is 2.98. The van der Waals surface area contributed by atoms with E-state index in [2.05, 4.69) is 20.8 Å². The second-order valence-electron chi connectivity index (χ2n) is 4.70. The molecule has 122 valence electrons. The molecule has 2 amide bonds. The molecule has 0 aliphatic heterocycles. The zero-order chi connectivity index (χ0) is 17.5. The predicted octanol–water partition coefficient (Wildman–Crippen LogP) is 1.26. The third kappa shape index (κ3) is 4.47. The number of carboxylic acids is 1. The molecule has 24 heavy (non-hydrogen) atoms. The van der Waals surface area contributed by atoms with Gasteiger partial charge in [0.15, 0.2) is 5.71 Å². The van der Waals surface area contributed by atoms with Crippen LogP contribution in [0.3, 0.4) is 0 Å². The number of anilines is 1. The van der Waals surface area contributed by atoms with Crippen molar-refractivity contribution in [2.24, 2.45) is 5.10 Å². The monoisotopic (exact) mass is 326 g/mol. The van der Waals surface area contributed by atoms with E-state index in [1.54, 1.807) is 12.1 Å². The van der Waals surface area contributed by atoms with Crippen LogP contribution in [0.25, 0.3) is 0 Å². The second kappa shape index (κ2) is 7.63. The quantitative estimate of drug-likeness (QED) is 0.564. The summed E-state index contributed by atoms with van der Waals surface area (Å²) in [7, 11) is 0. The number of aromatic nitrogens is 1. The van der Waals surface area contributed by atoms with Crippen molar-refractivity contribution >= 4 is 29.2 Å². The molecule has 0 fully saturated rings. The molecule has 2 aromatic rings. The van der Waals surface area contributed by atoms with E-state index in [4.69, 9.17) is 0 Å². The summed E-state index contributed by atoms with van der Waals surface area (Å²) in [6, 6.07) is 9.01. The van der Waals surface area contributed by atoms with Gasteiger partial charge in [-0.3, -0.25) is 14.6 Å². The standard InChI is InChI=1S/C16H14N4O4/c1-10(21)18-13-4-2-11(3-5-13)14(16(23)24)19-20-15(22)12-6-8-17-9-7-12/h2-9H,1H3,(H,18,21)(H,20,22)(H,23,24)/b19-14+. The molecule has 0 spiro atoms. The van der Waals surface area contributed by atoms with Crippen LogP contribution in [0.15, 0.2) is 53.9 Å². The number of amides is 2. The molecule has 0 saturated carbocycles. The van der Waals surface area contributed by atoms with Crippen molar-refractivity contribution in [2.75, 3.05) is 5.32 Å². The maximum absolute atomic E-state index is 11.9. The molecule has 0 radical (unpaired) electrons. The first kappa shape index (κ1) is 16.8. The summed E-state index contributed by atoms with van der Waals surface area (Å²) in [6.07, 6.45) is 2.88. The molecular weight excluding hydrogens is 312 g/mol. The minimum atomic E-state index is -1.29. The van der Waals surface area contributed by atoms with Crippen molar-refractivity contribution in [2.45, 2.75) is 6.92 Å². The minimum absolute atomic E-state index is 0.237. The number of hydrogen-bond acceptors (Lipinski definition) is 5. The lowest BCUT2D eigenvalue weighted by Crippen LogP contribution is -2.24. The van der Waals surface area contributed by atoms with Crippen molar-refractivity contribution < 1.29 is 19.5 Å². The number of hydrogen-bond donors (Lipinski definition) is 3. The van der Waals surface area contributed by atoms with Gasteiger partial charge in [0, 0.05) is 36.1 Å². The Kier molecular flexibility index (Phi) is 5.35. The molecule has 1 heterocycles. The van der Waals surface area contributed by atoms with Gasteiger partial charge in [-0.05, 0) is 24.3 Å². The minimum Gasteiger partial charge on any atom is -0.476 e. The fraction of sp³-hybridized carbons (Fsp3) is 0.0625. The van der Waals surface area contributed by atoms with Crippen LogP contribution in [0.1, 0.15) is 22.8 Å². The van der Waals surface area contributed by atoms with E-state index in [-0.39, 0.29) is 17.2 Å². The molecule has 0 aliphatic carbocycles. The van der Waals surface area contributed by atoms with Gasteiger partial charge in [-0.25, -0.2) is 10.2 Å². The zero-order valence-corrected chi connectivity index (χ0v) is 12.7. The van der Waals surface area contributed by atoms with Crippen LogP contribution in [0.2, 0.25) is 0 Å². The number of nitrogens with zero attached hydrogens (tertiary/aromatic N) is 2. The van der Waals surface area contributed by atoms with Gasteiger partial charge in [0.25, 0.3) is 5.91 Å². The highest BCUT2D eigenvalue weighted by Gasteiger charge is 2.14. The Hall–Kier alpha value is -3.55. The molecule has 2 rings (SSSR count). The molecule has 1 aromatic heterocycles. The third-order valence-corrected chi connectivity index (χ3v) is 2.89. The van der Waals surface area contributed by atoms with Crippen LogP contribution in [0.5, 0.6) is 0 Å². The van der Waals surface area contributed by atoms with Gasteiger partial charge in [0.1, 0.15) is 0 Å². The normalized spacial score (nSPS) is 10.8. The molecule has 0 bridgehead atoms. The third-order valence-electron chi connectivity index (χ3n) is 2.89. The van der Waals surface area contributed by atoms with Crippen LogP contribution < -0.4 is 10.7 Å². The fourth-order valence-electron chi connectivity index (χ4n) is 1.83. The molecule has 0 aliphatic rings. The Bertz CT molecular complexity index is 785. The fourth-order valence-corrected chi connectivity index (χ4v) is 1.83. The van der Waals surface area contributed by atoms with Gasteiger partial charge in [-0.15, -0.1) is 0 Å². The SMILES string of the molecule is CC(=O)Nc1ccc(/C(=N\NC(=O)c2ccncc2)C(=O)O)cc1. The Morgan fingerprint density at radius 1 is 1.00 bits per heavy atom. The first-order valence-corrected chi connectivity index (χ1v) is 6.86. The Morgan fingerprint density at radius 3 is 2.17 bits per heavy atom. The maximum Gasteiger partial charge on any atom is 0.356 e. The number of carbonyl (C=O) groups excluding carboxylic acids is 2. The number of pyridine rings is 1. The van der Waals surface area contributed by atoms with Crippen LogP contribution in [-0.2, 0) is 9.59 Å². The number of carbonyl (C=O) groups is 3. The predicted molar refractivity (Wildman–Crippen MR) is 86.6 cm³/mol. The van der Waals surface area contributed by atoms with Crippen molar-refractivity contribution in [3.63, 3.8) is 0 Å². The summed E-state index contributed by atoms with van der Waals surface area (Å²) >= 11 is 0. The van der Waals surface area contributed by atoms with Crippen molar-refractivity contribution in [3.05, 3.63) is 59.9 Å². The summed E-state index contributed by atoms with van der Waals surface area (Å²) in [4.78, 5) is 38.0. The molecule has 8 heteroatoms. The lowest BCUT2D eigenvalue weighted by atomic mass is 10.1. The number of aliphatic carboxylic acids is 1. The molecule has 0 unspecified atom stereocenters. The summed E-state index contributed by atoms with van der Waals surface area (Å²) in [6.45, 7) is 1.37. The molecular formula is C16H14N4O4. The Balaban J connectivity index is 2.18. The highest BCUT2D eigenvalue weighted by atomic mass is 16.4. The molecule has 1 aromatic carbocycles. The van der Waals surface area contributed by atoms with E-state index in [0.717, 1.165) is 0 Å². The smallest absolute Gasteiger partial charge is 0.356 e. The van der Waals surface area contributed by atoms with E-state index < -0.39 is 11.9 Å². The van der Waals surface area contributed by atoms with Gasteiger partial charge >= 0.3 is 5.97 Å². The summed E-state index contributed by atoms with van der Waals surface area (Å²) in [5, 5.41) is 15.5. The molecule has 3 N–H and O–H groups in total.